The minimum atomic E-state index is -0.0353. The highest BCUT2D eigenvalue weighted by Gasteiger charge is 2.07. The molecule has 3 nitrogen and oxygen atoms in total. The van der Waals surface area contributed by atoms with E-state index in [1.807, 2.05) is 24.5 Å². The topological polar surface area (TPSA) is 44.9 Å². The molecule has 5 heteroatoms. The summed E-state index contributed by atoms with van der Waals surface area (Å²) in [7, 11) is 0. The number of nitrogens with one attached hydrogen (secondary N) is 2. The van der Waals surface area contributed by atoms with Crippen LogP contribution >= 0.6 is 27.3 Å². The Hall–Kier alpha value is -1.07. The molecule has 0 atom stereocenters. The van der Waals surface area contributed by atoms with E-state index in [1.54, 1.807) is 6.07 Å². The smallest absolute Gasteiger partial charge is 0.261 e. The molecule has 2 aromatic heterocycles. The first-order valence-corrected chi connectivity index (χ1v) is 6.02. The minimum Gasteiger partial charge on any atom is -0.367 e. The second kappa shape index (κ2) is 4.63. The molecule has 2 N–H and O–H groups in total. The zero-order valence-corrected chi connectivity index (χ0v) is 10.2. The third kappa shape index (κ3) is 2.70. The first-order chi connectivity index (χ1) is 7.25. The summed E-state index contributed by atoms with van der Waals surface area (Å²) in [5.41, 5.74) is 1.07. The van der Waals surface area contributed by atoms with Crippen molar-refractivity contribution in [1.82, 2.24) is 10.3 Å². The number of hydrogen-bond donors (Lipinski definition) is 2. The molecule has 0 fully saturated rings. The summed E-state index contributed by atoms with van der Waals surface area (Å²) < 4.78 is 0.967. The predicted octanol–water partition coefficient (Wildman–Crippen LogP) is 2.77. The summed E-state index contributed by atoms with van der Waals surface area (Å²) in [6.07, 6.45) is 3.70. The van der Waals surface area contributed by atoms with Crippen LogP contribution in [0.1, 0.15) is 15.2 Å². The van der Waals surface area contributed by atoms with Crippen molar-refractivity contribution < 1.29 is 4.79 Å². The molecule has 0 saturated carbocycles. The Morgan fingerprint density at radius 3 is 2.93 bits per heavy atom. The highest BCUT2D eigenvalue weighted by molar-refractivity contribution is 9.11. The van der Waals surface area contributed by atoms with E-state index in [-0.39, 0.29) is 5.91 Å². The SMILES string of the molecule is O=C(NCc1cc[nH]c1)c1ccc(Br)s1. The summed E-state index contributed by atoms with van der Waals surface area (Å²) in [6, 6.07) is 5.61. The van der Waals surface area contributed by atoms with Gasteiger partial charge in [-0.2, -0.15) is 0 Å². The van der Waals surface area contributed by atoms with Gasteiger partial charge >= 0.3 is 0 Å². The molecular formula is C10H9BrN2OS. The molecular weight excluding hydrogens is 276 g/mol. The van der Waals surface area contributed by atoms with E-state index in [1.165, 1.54) is 11.3 Å². The van der Waals surface area contributed by atoms with E-state index in [4.69, 9.17) is 0 Å². The maximum Gasteiger partial charge on any atom is 0.261 e. The van der Waals surface area contributed by atoms with Crippen LogP contribution in [0.2, 0.25) is 0 Å². The summed E-state index contributed by atoms with van der Waals surface area (Å²) in [6.45, 7) is 0.553. The van der Waals surface area contributed by atoms with Gasteiger partial charge in [-0.15, -0.1) is 11.3 Å². The van der Waals surface area contributed by atoms with E-state index < -0.39 is 0 Å². The monoisotopic (exact) mass is 284 g/mol. The van der Waals surface area contributed by atoms with Crippen molar-refractivity contribution in [2.45, 2.75) is 6.54 Å². The average molecular weight is 285 g/mol. The molecule has 0 unspecified atom stereocenters. The minimum absolute atomic E-state index is 0.0353. The summed E-state index contributed by atoms with van der Waals surface area (Å²) in [5, 5.41) is 2.85. The quantitative estimate of drug-likeness (QED) is 0.895. The van der Waals surface area contributed by atoms with Gasteiger partial charge in [-0.25, -0.2) is 0 Å². The van der Waals surface area contributed by atoms with Crippen molar-refractivity contribution in [2.24, 2.45) is 0 Å². The molecule has 0 aliphatic carbocycles. The Morgan fingerprint density at radius 2 is 2.33 bits per heavy atom. The van der Waals surface area contributed by atoms with Crippen LogP contribution in [0, 0.1) is 0 Å². The molecule has 0 aromatic carbocycles. The van der Waals surface area contributed by atoms with Gasteiger partial charge in [0.15, 0.2) is 0 Å². The van der Waals surface area contributed by atoms with Gasteiger partial charge in [0.25, 0.3) is 5.91 Å². The van der Waals surface area contributed by atoms with Crippen LogP contribution in [0.15, 0.2) is 34.4 Å². The van der Waals surface area contributed by atoms with E-state index in [2.05, 4.69) is 26.2 Å². The van der Waals surface area contributed by atoms with Crippen LogP contribution in [0.4, 0.5) is 0 Å². The lowest BCUT2D eigenvalue weighted by molar-refractivity contribution is 0.0955. The molecule has 0 saturated heterocycles. The van der Waals surface area contributed by atoms with Crippen molar-refractivity contribution in [3.8, 4) is 0 Å². The van der Waals surface area contributed by atoms with Gasteiger partial charge in [0.05, 0.1) is 8.66 Å². The number of thiophene rings is 1. The predicted molar refractivity (Wildman–Crippen MR) is 64.0 cm³/mol. The van der Waals surface area contributed by atoms with Crippen LogP contribution in [0.25, 0.3) is 0 Å². The van der Waals surface area contributed by atoms with Crippen molar-refractivity contribution in [1.29, 1.82) is 0 Å². The van der Waals surface area contributed by atoms with Crippen molar-refractivity contribution in [3.05, 3.63) is 44.8 Å². The van der Waals surface area contributed by atoms with Crippen LogP contribution in [-0.2, 0) is 6.54 Å². The van der Waals surface area contributed by atoms with Crippen LogP contribution in [0.5, 0.6) is 0 Å². The molecule has 2 rings (SSSR count). The number of carbonyl (C=O) groups is 1. The van der Waals surface area contributed by atoms with Gasteiger partial charge in [-0.3, -0.25) is 4.79 Å². The largest absolute Gasteiger partial charge is 0.367 e. The lowest BCUT2D eigenvalue weighted by Crippen LogP contribution is -2.21. The number of amides is 1. The molecule has 15 heavy (non-hydrogen) atoms. The lowest BCUT2D eigenvalue weighted by atomic mass is 10.3. The van der Waals surface area contributed by atoms with Crippen molar-refractivity contribution in [3.63, 3.8) is 0 Å². The average Bonchev–Trinajstić information content (AvgIpc) is 2.84. The van der Waals surface area contributed by atoms with E-state index in [9.17, 15) is 4.79 Å². The van der Waals surface area contributed by atoms with Crippen LogP contribution in [0.3, 0.4) is 0 Å². The fraction of sp³-hybridized carbons (Fsp3) is 0.100. The standard InChI is InChI=1S/C10H9BrN2OS/c11-9-2-1-8(15-9)10(14)13-6-7-3-4-12-5-7/h1-5,12H,6H2,(H,13,14). The van der Waals surface area contributed by atoms with Gasteiger partial charge in [0, 0.05) is 18.9 Å². The fourth-order valence-electron chi connectivity index (χ4n) is 1.17. The second-order valence-electron chi connectivity index (χ2n) is 3.01. The Bertz CT molecular complexity index is 450. The zero-order valence-electron chi connectivity index (χ0n) is 7.79. The zero-order chi connectivity index (χ0) is 10.7. The number of aromatic amines is 1. The number of carbonyl (C=O) groups excluding carboxylic acids is 1. The van der Waals surface area contributed by atoms with Gasteiger partial charge < -0.3 is 10.3 Å². The third-order valence-electron chi connectivity index (χ3n) is 1.91. The van der Waals surface area contributed by atoms with Gasteiger partial charge in [-0.05, 0) is 39.7 Å². The molecule has 1 amide bonds. The first-order valence-electron chi connectivity index (χ1n) is 4.41. The highest BCUT2D eigenvalue weighted by atomic mass is 79.9. The molecule has 2 aromatic rings. The molecule has 0 radical (unpaired) electrons. The van der Waals surface area contributed by atoms with Crippen molar-refractivity contribution >= 4 is 33.2 Å². The van der Waals surface area contributed by atoms with E-state index in [0.29, 0.717) is 6.54 Å². The van der Waals surface area contributed by atoms with Crippen molar-refractivity contribution in [2.75, 3.05) is 0 Å². The maximum atomic E-state index is 11.6. The first kappa shape index (κ1) is 10.4. The van der Waals surface area contributed by atoms with Gasteiger partial charge in [0.2, 0.25) is 0 Å². The Morgan fingerprint density at radius 1 is 1.47 bits per heavy atom. The molecule has 2 heterocycles. The number of hydrogen-bond acceptors (Lipinski definition) is 2. The Labute approximate surface area is 99.6 Å². The van der Waals surface area contributed by atoms with E-state index in [0.717, 1.165) is 14.2 Å². The normalized spacial score (nSPS) is 10.2. The van der Waals surface area contributed by atoms with Crippen LogP contribution in [-0.4, -0.2) is 10.9 Å². The maximum absolute atomic E-state index is 11.6. The van der Waals surface area contributed by atoms with Gasteiger partial charge in [0.1, 0.15) is 0 Å². The summed E-state index contributed by atoms with van der Waals surface area (Å²) in [4.78, 5) is 15.3. The molecule has 78 valence electrons. The fourth-order valence-corrected chi connectivity index (χ4v) is 2.48. The second-order valence-corrected chi connectivity index (χ2v) is 5.47. The Balaban J connectivity index is 1.93. The lowest BCUT2D eigenvalue weighted by Gasteiger charge is -2.00. The molecule has 0 aliphatic heterocycles. The third-order valence-corrected chi connectivity index (χ3v) is 3.53. The number of H-pyrrole nitrogens is 1. The Kier molecular flexibility index (Phi) is 3.23. The molecule has 0 bridgehead atoms. The van der Waals surface area contributed by atoms with E-state index >= 15 is 0 Å². The molecule has 0 aliphatic rings. The number of aromatic nitrogens is 1. The summed E-state index contributed by atoms with van der Waals surface area (Å²) in [5.74, 6) is -0.0353. The highest BCUT2D eigenvalue weighted by Crippen LogP contribution is 2.21. The number of halogens is 1. The summed E-state index contributed by atoms with van der Waals surface area (Å²) >= 11 is 4.75. The van der Waals surface area contributed by atoms with Crippen LogP contribution < -0.4 is 5.32 Å². The molecule has 0 spiro atoms. The number of rotatable bonds is 3. The van der Waals surface area contributed by atoms with Gasteiger partial charge in [-0.1, -0.05) is 0 Å².